The lowest BCUT2D eigenvalue weighted by Crippen LogP contribution is -2.27. The summed E-state index contributed by atoms with van der Waals surface area (Å²) in [7, 11) is 0. The van der Waals surface area contributed by atoms with Crippen molar-refractivity contribution in [3.63, 3.8) is 0 Å². The molecule has 0 aromatic carbocycles. The van der Waals surface area contributed by atoms with E-state index in [1.54, 1.807) is 17.5 Å². The predicted molar refractivity (Wildman–Crippen MR) is 93.3 cm³/mol. The Hall–Kier alpha value is -1.95. The summed E-state index contributed by atoms with van der Waals surface area (Å²) >= 11 is 1.78. The summed E-state index contributed by atoms with van der Waals surface area (Å²) in [5, 5.41) is 11.5. The number of aliphatic hydroxyl groups is 1. The number of rotatable bonds is 8. The summed E-state index contributed by atoms with van der Waals surface area (Å²) in [6, 6.07) is 12.5. The van der Waals surface area contributed by atoms with Gasteiger partial charge in [0.1, 0.15) is 0 Å². The third-order valence-electron chi connectivity index (χ3n) is 3.76. The van der Waals surface area contributed by atoms with Crippen LogP contribution in [0.25, 0.3) is 0 Å². The molecule has 3 aromatic heterocycles. The van der Waals surface area contributed by atoms with Gasteiger partial charge < -0.3 is 9.67 Å². The Kier molecular flexibility index (Phi) is 5.58. The van der Waals surface area contributed by atoms with E-state index in [1.165, 1.54) is 10.6 Å². The Balaban J connectivity index is 1.69. The molecule has 23 heavy (non-hydrogen) atoms. The molecule has 0 saturated carbocycles. The largest absolute Gasteiger partial charge is 0.395 e. The maximum absolute atomic E-state index is 9.36. The van der Waals surface area contributed by atoms with E-state index in [0.29, 0.717) is 6.54 Å². The number of aromatic nitrogens is 2. The minimum Gasteiger partial charge on any atom is -0.395 e. The van der Waals surface area contributed by atoms with Gasteiger partial charge >= 0.3 is 0 Å². The smallest absolute Gasteiger partial charge is 0.0566 e. The molecular formula is C18H21N3OS. The van der Waals surface area contributed by atoms with Crippen molar-refractivity contribution in [3.8, 4) is 0 Å². The lowest BCUT2D eigenvalue weighted by molar-refractivity contribution is 0.181. The molecule has 0 spiro atoms. The van der Waals surface area contributed by atoms with Crippen LogP contribution in [0.1, 0.15) is 16.1 Å². The van der Waals surface area contributed by atoms with E-state index in [4.69, 9.17) is 0 Å². The first-order chi connectivity index (χ1) is 11.3. The number of aliphatic hydroxyl groups excluding tert-OH is 1. The predicted octanol–water partition coefficient (Wildman–Crippen LogP) is 2.99. The van der Waals surface area contributed by atoms with Gasteiger partial charge in [-0.1, -0.05) is 12.1 Å². The molecular weight excluding hydrogens is 306 g/mol. The maximum atomic E-state index is 9.36. The van der Waals surface area contributed by atoms with Gasteiger partial charge in [0.15, 0.2) is 0 Å². The van der Waals surface area contributed by atoms with Crippen molar-refractivity contribution in [1.82, 2.24) is 14.5 Å². The highest BCUT2D eigenvalue weighted by molar-refractivity contribution is 7.09. The van der Waals surface area contributed by atoms with Crippen LogP contribution >= 0.6 is 11.3 Å². The molecule has 3 heterocycles. The standard InChI is InChI=1S/C18H21N3OS/c22-10-9-20(13-16-4-1-7-19-12-16)14-17-5-2-8-21(17)15-18-6-3-11-23-18/h1-8,11-12,22H,9-10,13-15H2. The molecule has 0 radical (unpaired) electrons. The van der Waals surface area contributed by atoms with Crippen LogP contribution in [0.3, 0.4) is 0 Å². The van der Waals surface area contributed by atoms with Gasteiger partial charge in [-0.25, -0.2) is 0 Å². The molecule has 0 amide bonds. The van der Waals surface area contributed by atoms with Gasteiger partial charge in [-0.05, 0) is 35.2 Å². The van der Waals surface area contributed by atoms with Gasteiger partial charge in [-0.2, -0.15) is 0 Å². The quantitative estimate of drug-likeness (QED) is 0.691. The second kappa shape index (κ2) is 8.06. The molecule has 0 unspecified atom stereocenters. The minimum absolute atomic E-state index is 0.159. The molecule has 0 atom stereocenters. The fourth-order valence-corrected chi connectivity index (χ4v) is 3.35. The van der Waals surface area contributed by atoms with Crippen molar-refractivity contribution >= 4 is 11.3 Å². The lowest BCUT2D eigenvalue weighted by atomic mass is 10.2. The molecule has 0 aliphatic carbocycles. The Labute approximate surface area is 140 Å². The van der Waals surface area contributed by atoms with E-state index in [0.717, 1.165) is 25.2 Å². The van der Waals surface area contributed by atoms with Crippen LogP contribution in [-0.4, -0.2) is 32.7 Å². The van der Waals surface area contributed by atoms with Gasteiger partial charge in [-0.3, -0.25) is 9.88 Å². The van der Waals surface area contributed by atoms with Gasteiger partial charge in [0.05, 0.1) is 13.2 Å². The van der Waals surface area contributed by atoms with E-state index in [2.05, 4.69) is 56.4 Å². The van der Waals surface area contributed by atoms with Crippen molar-refractivity contribution < 1.29 is 5.11 Å². The fourth-order valence-electron chi connectivity index (χ4n) is 2.65. The monoisotopic (exact) mass is 327 g/mol. The zero-order valence-electron chi connectivity index (χ0n) is 13.0. The van der Waals surface area contributed by atoms with Crippen LogP contribution < -0.4 is 0 Å². The number of thiophene rings is 1. The maximum Gasteiger partial charge on any atom is 0.0566 e. The molecule has 5 heteroatoms. The number of hydrogen-bond donors (Lipinski definition) is 1. The third kappa shape index (κ3) is 4.51. The Bertz CT molecular complexity index is 694. The van der Waals surface area contributed by atoms with E-state index >= 15 is 0 Å². The van der Waals surface area contributed by atoms with Crippen LogP contribution in [0.4, 0.5) is 0 Å². The summed E-state index contributed by atoms with van der Waals surface area (Å²) in [6.07, 6.45) is 5.79. The second-order valence-electron chi connectivity index (χ2n) is 5.50. The molecule has 0 aliphatic rings. The summed E-state index contributed by atoms with van der Waals surface area (Å²) < 4.78 is 2.28. The second-order valence-corrected chi connectivity index (χ2v) is 6.53. The Morgan fingerprint density at radius 3 is 2.83 bits per heavy atom. The van der Waals surface area contributed by atoms with E-state index < -0.39 is 0 Å². The SMILES string of the molecule is OCCN(Cc1cccnc1)Cc1cccn1Cc1cccs1. The molecule has 3 aromatic rings. The zero-order valence-corrected chi connectivity index (χ0v) is 13.8. The lowest BCUT2D eigenvalue weighted by Gasteiger charge is -2.22. The first-order valence-electron chi connectivity index (χ1n) is 7.73. The molecule has 1 N–H and O–H groups in total. The van der Waals surface area contributed by atoms with E-state index in [-0.39, 0.29) is 6.61 Å². The molecule has 0 fully saturated rings. The van der Waals surface area contributed by atoms with Crippen LogP contribution in [0, 0.1) is 0 Å². The number of pyridine rings is 1. The number of hydrogen-bond acceptors (Lipinski definition) is 4. The highest BCUT2D eigenvalue weighted by Gasteiger charge is 2.10. The van der Waals surface area contributed by atoms with Crippen LogP contribution in [0.15, 0.2) is 60.4 Å². The van der Waals surface area contributed by atoms with Crippen LogP contribution in [-0.2, 0) is 19.6 Å². The third-order valence-corrected chi connectivity index (χ3v) is 4.62. The summed E-state index contributed by atoms with van der Waals surface area (Å²) in [5.41, 5.74) is 2.42. The Morgan fingerprint density at radius 1 is 1.13 bits per heavy atom. The van der Waals surface area contributed by atoms with Gasteiger partial charge in [0.25, 0.3) is 0 Å². The van der Waals surface area contributed by atoms with Crippen molar-refractivity contribution in [2.45, 2.75) is 19.6 Å². The van der Waals surface area contributed by atoms with Crippen molar-refractivity contribution in [1.29, 1.82) is 0 Å². The highest BCUT2D eigenvalue weighted by Crippen LogP contribution is 2.15. The van der Waals surface area contributed by atoms with Crippen LogP contribution in [0.2, 0.25) is 0 Å². The van der Waals surface area contributed by atoms with Crippen molar-refractivity contribution in [3.05, 3.63) is 76.5 Å². The van der Waals surface area contributed by atoms with Crippen molar-refractivity contribution in [2.24, 2.45) is 0 Å². The molecule has 3 rings (SSSR count). The molecule has 0 aliphatic heterocycles. The normalized spacial score (nSPS) is 11.2. The van der Waals surface area contributed by atoms with E-state index in [9.17, 15) is 5.11 Å². The minimum atomic E-state index is 0.159. The van der Waals surface area contributed by atoms with Gasteiger partial charge in [0, 0.05) is 48.8 Å². The fraction of sp³-hybridized carbons (Fsp3) is 0.278. The molecule has 4 nitrogen and oxygen atoms in total. The summed E-state index contributed by atoms with van der Waals surface area (Å²) in [5.74, 6) is 0. The zero-order chi connectivity index (χ0) is 15.9. The van der Waals surface area contributed by atoms with Crippen molar-refractivity contribution in [2.75, 3.05) is 13.2 Å². The summed E-state index contributed by atoms with van der Waals surface area (Å²) in [4.78, 5) is 7.77. The summed E-state index contributed by atoms with van der Waals surface area (Å²) in [6.45, 7) is 3.32. The van der Waals surface area contributed by atoms with E-state index in [1.807, 2.05) is 12.3 Å². The molecule has 120 valence electrons. The average molecular weight is 327 g/mol. The topological polar surface area (TPSA) is 41.3 Å². The first-order valence-corrected chi connectivity index (χ1v) is 8.61. The Morgan fingerprint density at radius 2 is 2.09 bits per heavy atom. The molecule has 0 bridgehead atoms. The average Bonchev–Trinajstić information content (AvgIpc) is 3.22. The highest BCUT2D eigenvalue weighted by atomic mass is 32.1. The van der Waals surface area contributed by atoms with Crippen LogP contribution in [0.5, 0.6) is 0 Å². The number of nitrogens with zero attached hydrogens (tertiary/aromatic N) is 3. The van der Waals surface area contributed by atoms with Gasteiger partial charge in [-0.15, -0.1) is 11.3 Å². The van der Waals surface area contributed by atoms with Gasteiger partial charge in [0.2, 0.25) is 0 Å². The molecule has 0 saturated heterocycles. The first kappa shape index (κ1) is 15.9.